The standard InChI is InChI=1S/C21H20N4/c22-13-17-6-8-18(9-7-17)15-25-21-10-11-23-14-19(21)20(24-25)12-16-4-2-1-3-5-16/h1-9,23H,10-12,14-15H2. The van der Waals surface area contributed by atoms with Crippen molar-refractivity contribution in [3.05, 3.63) is 88.2 Å². The van der Waals surface area contributed by atoms with Crippen molar-refractivity contribution in [3.63, 3.8) is 0 Å². The van der Waals surface area contributed by atoms with Gasteiger partial charge in [0.25, 0.3) is 0 Å². The molecule has 1 aromatic heterocycles. The van der Waals surface area contributed by atoms with Crippen molar-refractivity contribution >= 4 is 0 Å². The fourth-order valence-electron chi connectivity index (χ4n) is 3.41. The average Bonchev–Trinajstić information content (AvgIpc) is 3.01. The third-order valence-electron chi connectivity index (χ3n) is 4.72. The molecule has 3 aromatic rings. The zero-order valence-corrected chi connectivity index (χ0v) is 14.1. The van der Waals surface area contributed by atoms with E-state index in [9.17, 15) is 0 Å². The molecule has 4 rings (SSSR count). The van der Waals surface area contributed by atoms with E-state index in [-0.39, 0.29) is 0 Å². The zero-order valence-electron chi connectivity index (χ0n) is 14.1. The summed E-state index contributed by atoms with van der Waals surface area (Å²) in [6, 6.07) is 20.5. The molecule has 1 aliphatic rings. The van der Waals surface area contributed by atoms with E-state index in [1.807, 2.05) is 30.3 Å². The minimum absolute atomic E-state index is 0.695. The zero-order chi connectivity index (χ0) is 17.1. The van der Waals surface area contributed by atoms with Gasteiger partial charge in [0.2, 0.25) is 0 Å². The van der Waals surface area contributed by atoms with E-state index < -0.39 is 0 Å². The monoisotopic (exact) mass is 328 g/mol. The van der Waals surface area contributed by atoms with Gasteiger partial charge in [0.1, 0.15) is 0 Å². The predicted octanol–water partition coefficient (Wildman–Crippen LogP) is 3.04. The van der Waals surface area contributed by atoms with Gasteiger partial charge in [-0.1, -0.05) is 42.5 Å². The first-order chi connectivity index (χ1) is 12.3. The average molecular weight is 328 g/mol. The summed E-state index contributed by atoms with van der Waals surface area (Å²) in [5.41, 5.74) is 7.02. The van der Waals surface area contributed by atoms with Crippen LogP contribution in [0, 0.1) is 11.3 Å². The number of nitrogens with one attached hydrogen (secondary N) is 1. The molecule has 1 aliphatic heterocycles. The number of nitriles is 1. The molecule has 1 N–H and O–H groups in total. The van der Waals surface area contributed by atoms with Crippen LogP contribution in [-0.2, 0) is 25.9 Å². The van der Waals surface area contributed by atoms with Crippen LogP contribution in [0.15, 0.2) is 54.6 Å². The molecule has 2 aromatic carbocycles. The normalized spacial score (nSPS) is 13.2. The lowest BCUT2D eigenvalue weighted by atomic mass is 10.0. The number of fused-ring (bicyclic) bond motifs is 1. The smallest absolute Gasteiger partial charge is 0.0991 e. The van der Waals surface area contributed by atoms with Crippen molar-refractivity contribution < 1.29 is 0 Å². The molecule has 0 saturated carbocycles. The van der Waals surface area contributed by atoms with Gasteiger partial charge in [-0.15, -0.1) is 0 Å². The quantitative estimate of drug-likeness (QED) is 0.801. The Morgan fingerprint density at radius 3 is 2.60 bits per heavy atom. The van der Waals surface area contributed by atoms with Crippen molar-refractivity contribution in [3.8, 4) is 6.07 Å². The first-order valence-electron chi connectivity index (χ1n) is 8.64. The summed E-state index contributed by atoms with van der Waals surface area (Å²) in [6.07, 6.45) is 1.87. The van der Waals surface area contributed by atoms with Gasteiger partial charge in [-0.3, -0.25) is 4.68 Å². The molecule has 2 heterocycles. The lowest BCUT2D eigenvalue weighted by Gasteiger charge is -2.16. The molecule has 25 heavy (non-hydrogen) atoms. The van der Waals surface area contributed by atoms with Crippen molar-refractivity contribution in [2.24, 2.45) is 0 Å². The molecule has 4 nitrogen and oxygen atoms in total. The third-order valence-corrected chi connectivity index (χ3v) is 4.72. The molecule has 0 unspecified atom stereocenters. The maximum Gasteiger partial charge on any atom is 0.0991 e. The van der Waals surface area contributed by atoms with Crippen molar-refractivity contribution in [1.82, 2.24) is 15.1 Å². The summed E-state index contributed by atoms with van der Waals surface area (Å²) >= 11 is 0. The van der Waals surface area contributed by atoms with E-state index in [4.69, 9.17) is 10.4 Å². The highest BCUT2D eigenvalue weighted by atomic mass is 15.3. The van der Waals surface area contributed by atoms with Gasteiger partial charge in [0.15, 0.2) is 0 Å². The highest BCUT2D eigenvalue weighted by Crippen LogP contribution is 2.22. The van der Waals surface area contributed by atoms with Crippen LogP contribution >= 0.6 is 0 Å². The van der Waals surface area contributed by atoms with Crippen LogP contribution in [-0.4, -0.2) is 16.3 Å². The van der Waals surface area contributed by atoms with Crippen LogP contribution in [0.1, 0.15) is 33.6 Å². The van der Waals surface area contributed by atoms with Gasteiger partial charge >= 0.3 is 0 Å². The van der Waals surface area contributed by atoms with Crippen LogP contribution in [0.3, 0.4) is 0 Å². The topological polar surface area (TPSA) is 53.6 Å². The minimum atomic E-state index is 0.695. The van der Waals surface area contributed by atoms with Crippen LogP contribution < -0.4 is 5.32 Å². The maximum absolute atomic E-state index is 8.95. The molecule has 4 heteroatoms. The Hall–Kier alpha value is -2.90. The van der Waals surface area contributed by atoms with Crippen LogP contribution in [0.25, 0.3) is 0 Å². The Morgan fingerprint density at radius 1 is 1.04 bits per heavy atom. The maximum atomic E-state index is 8.95. The molecule has 0 fully saturated rings. The van der Waals surface area contributed by atoms with Crippen LogP contribution in [0.4, 0.5) is 0 Å². The minimum Gasteiger partial charge on any atom is -0.312 e. The fourth-order valence-corrected chi connectivity index (χ4v) is 3.41. The molecule has 0 bridgehead atoms. The second-order valence-corrected chi connectivity index (χ2v) is 6.43. The SMILES string of the molecule is N#Cc1ccc(Cn2nc(Cc3ccccc3)c3c2CCNC3)cc1. The number of hydrogen-bond donors (Lipinski definition) is 1. The summed E-state index contributed by atoms with van der Waals surface area (Å²) in [5.74, 6) is 0. The second-order valence-electron chi connectivity index (χ2n) is 6.43. The van der Waals surface area contributed by atoms with E-state index in [0.717, 1.165) is 32.5 Å². The van der Waals surface area contributed by atoms with E-state index in [1.54, 1.807) is 0 Å². The summed E-state index contributed by atoms with van der Waals surface area (Å²) in [5, 5.41) is 17.4. The predicted molar refractivity (Wildman–Crippen MR) is 97.1 cm³/mol. The summed E-state index contributed by atoms with van der Waals surface area (Å²) in [6.45, 7) is 2.64. The molecule has 0 aliphatic carbocycles. The van der Waals surface area contributed by atoms with Crippen molar-refractivity contribution in [2.45, 2.75) is 25.9 Å². The highest BCUT2D eigenvalue weighted by molar-refractivity contribution is 5.35. The first-order valence-corrected chi connectivity index (χ1v) is 8.64. The summed E-state index contributed by atoms with van der Waals surface area (Å²) in [7, 11) is 0. The number of aromatic nitrogens is 2. The Morgan fingerprint density at radius 2 is 1.84 bits per heavy atom. The Bertz CT molecular complexity index is 902. The molecular weight excluding hydrogens is 308 g/mol. The highest BCUT2D eigenvalue weighted by Gasteiger charge is 2.20. The van der Waals surface area contributed by atoms with E-state index in [1.165, 1.54) is 28.1 Å². The Kier molecular flexibility index (Phi) is 4.32. The lowest BCUT2D eigenvalue weighted by molar-refractivity contribution is 0.582. The van der Waals surface area contributed by atoms with Crippen LogP contribution in [0.5, 0.6) is 0 Å². The summed E-state index contributed by atoms with van der Waals surface area (Å²) in [4.78, 5) is 0. The number of benzene rings is 2. The van der Waals surface area contributed by atoms with Crippen molar-refractivity contribution in [2.75, 3.05) is 6.54 Å². The number of rotatable bonds is 4. The number of hydrogen-bond acceptors (Lipinski definition) is 3. The van der Waals surface area contributed by atoms with Gasteiger partial charge in [-0.2, -0.15) is 10.4 Å². The third kappa shape index (κ3) is 3.33. The molecule has 0 spiro atoms. The van der Waals surface area contributed by atoms with Gasteiger partial charge in [0, 0.05) is 37.2 Å². The number of nitrogens with zero attached hydrogens (tertiary/aromatic N) is 3. The summed E-state index contributed by atoms with van der Waals surface area (Å²) < 4.78 is 2.15. The molecule has 0 atom stereocenters. The Labute approximate surface area is 147 Å². The first kappa shape index (κ1) is 15.6. The second kappa shape index (κ2) is 6.92. The van der Waals surface area contributed by atoms with Gasteiger partial charge in [0.05, 0.1) is 23.9 Å². The molecule has 0 saturated heterocycles. The van der Waals surface area contributed by atoms with E-state index in [0.29, 0.717) is 5.56 Å². The van der Waals surface area contributed by atoms with Gasteiger partial charge in [-0.05, 0) is 23.3 Å². The van der Waals surface area contributed by atoms with Crippen LogP contribution in [0.2, 0.25) is 0 Å². The van der Waals surface area contributed by atoms with E-state index in [2.05, 4.69) is 40.3 Å². The Balaban J connectivity index is 1.64. The largest absolute Gasteiger partial charge is 0.312 e. The molecule has 0 amide bonds. The van der Waals surface area contributed by atoms with Gasteiger partial charge < -0.3 is 5.32 Å². The molecular formula is C21H20N4. The molecule has 0 radical (unpaired) electrons. The lowest BCUT2D eigenvalue weighted by Crippen LogP contribution is -2.25. The fraction of sp³-hybridized carbons (Fsp3) is 0.238. The van der Waals surface area contributed by atoms with E-state index >= 15 is 0 Å². The van der Waals surface area contributed by atoms with Crippen molar-refractivity contribution in [1.29, 1.82) is 5.26 Å². The molecule has 124 valence electrons. The van der Waals surface area contributed by atoms with Gasteiger partial charge in [-0.25, -0.2) is 0 Å².